The number of hydroxylamine groups is 1. The predicted octanol–water partition coefficient (Wildman–Crippen LogP) is 0.758. The maximum atomic E-state index is 5.10. The summed E-state index contributed by atoms with van der Waals surface area (Å²) in [6, 6.07) is 3.74. The molecule has 0 atom stereocenters. The first-order valence-electron chi connectivity index (χ1n) is 4.69. The molecule has 1 aromatic rings. The van der Waals surface area contributed by atoms with Gasteiger partial charge in [0.25, 0.3) is 0 Å². The predicted molar refractivity (Wildman–Crippen MR) is 55.5 cm³/mol. The Labute approximate surface area is 89.3 Å². The molecule has 0 aliphatic carbocycles. The van der Waals surface area contributed by atoms with Gasteiger partial charge in [0.2, 0.25) is 5.88 Å². The topological polar surface area (TPSA) is 52.6 Å². The maximum Gasteiger partial charge on any atom is 0.212 e. The molecule has 5 nitrogen and oxygen atoms in total. The Morgan fingerprint density at radius 3 is 2.73 bits per heavy atom. The van der Waals surface area contributed by atoms with Crippen molar-refractivity contribution in [3.05, 3.63) is 23.9 Å². The fourth-order valence-corrected chi connectivity index (χ4v) is 0.968. The Morgan fingerprint density at radius 1 is 1.27 bits per heavy atom. The Balaban J connectivity index is 2.20. The average Bonchev–Trinajstić information content (AvgIpc) is 2.30. The van der Waals surface area contributed by atoms with Gasteiger partial charge in [-0.2, -0.15) is 5.48 Å². The molecule has 0 saturated heterocycles. The van der Waals surface area contributed by atoms with Gasteiger partial charge in [-0.25, -0.2) is 4.98 Å². The van der Waals surface area contributed by atoms with Gasteiger partial charge in [0.05, 0.1) is 20.3 Å². The third-order valence-corrected chi connectivity index (χ3v) is 1.77. The summed E-state index contributed by atoms with van der Waals surface area (Å²) >= 11 is 0. The van der Waals surface area contributed by atoms with Gasteiger partial charge < -0.3 is 9.47 Å². The van der Waals surface area contributed by atoms with E-state index in [0.717, 1.165) is 5.56 Å². The third kappa shape index (κ3) is 4.73. The average molecular weight is 212 g/mol. The van der Waals surface area contributed by atoms with Crippen molar-refractivity contribution in [2.24, 2.45) is 0 Å². The summed E-state index contributed by atoms with van der Waals surface area (Å²) in [5, 5.41) is 0. The quantitative estimate of drug-likeness (QED) is 0.534. The fraction of sp³-hybridized carbons (Fsp3) is 0.500. The summed E-state index contributed by atoms with van der Waals surface area (Å²) in [5.74, 6) is 0.610. The summed E-state index contributed by atoms with van der Waals surface area (Å²) in [5.41, 5.74) is 3.85. The highest BCUT2D eigenvalue weighted by Gasteiger charge is 1.95. The van der Waals surface area contributed by atoms with Crippen LogP contribution in [0.25, 0.3) is 0 Å². The molecule has 0 bridgehead atoms. The maximum absolute atomic E-state index is 5.10. The van der Waals surface area contributed by atoms with E-state index in [0.29, 0.717) is 25.6 Å². The van der Waals surface area contributed by atoms with Crippen LogP contribution in [0.15, 0.2) is 18.3 Å². The molecule has 0 spiro atoms. The highest BCUT2D eigenvalue weighted by atomic mass is 16.7. The van der Waals surface area contributed by atoms with Gasteiger partial charge in [0, 0.05) is 25.9 Å². The van der Waals surface area contributed by atoms with Crippen molar-refractivity contribution in [1.29, 1.82) is 0 Å². The summed E-state index contributed by atoms with van der Waals surface area (Å²) in [7, 11) is 3.23. The van der Waals surface area contributed by atoms with E-state index in [1.807, 2.05) is 12.1 Å². The van der Waals surface area contributed by atoms with E-state index in [-0.39, 0.29) is 0 Å². The molecule has 1 heterocycles. The highest BCUT2D eigenvalue weighted by molar-refractivity contribution is 5.17. The van der Waals surface area contributed by atoms with Crippen LogP contribution < -0.4 is 10.2 Å². The molecule has 0 aromatic carbocycles. The Kier molecular flexibility index (Phi) is 5.69. The van der Waals surface area contributed by atoms with E-state index in [2.05, 4.69) is 10.5 Å². The van der Waals surface area contributed by atoms with Crippen LogP contribution in [0.1, 0.15) is 5.56 Å². The number of hydrogen-bond acceptors (Lipinski definition) is 5. The molecule has 0 aliphatic heterocycles. The lowest BCUT2D eigenvalue weighted by Crippen LogP contribution is -2.17. The number of hydrogen-bond donors (Lipinski definition) is 1. The molecule has 84 valence electrons. The van der Waals surface area contributed by atoms with Crippen LogP contribution in [-0.4, -0.2) is 32.4 Å². The minimum atomic E-state index is 0.528. The van der Waals surface area contributed by atoms with Gasteiger partial charge in [-0.3, -0.25) is 4.84 Å². The second-order valence-corrected chi connectivity index (χ2v) is 2.87. The minimum absolute atomic E-state index is 0.528. The molecule has 1 aromatic heterocycles. The number of nitrogens with zero attached hydrogens (tertiary/aromatic N) is 1. The van der Waals surface area contributed by atoms with E-state index in [4.69, 9.17) is 14.3 Å². The molecule has 0 aliphatic rings. The number of ether oxygens (including phenoxy) is 2. The van der Waals surface area contributed by atoms with Gasteiger partial charge in [-0.05, 0) is 5.56 Å². The molecule has 0 radical (unpaired) electrons. The Bertz CT molecular complexity index is 264. The third-order valence-electron chi connectivity index (χ3n) is 1.77. The van der Waals surface area contributed by atoms with Crippen LogP contribution in [-0.2, 0) is 16.1 Å². The van der Waals surface area contributed by atoms with Crippen molar-refractivity contribution in [2.75, 3.05) is 27.4 Å². The summed E-state index contributed by atoms with van der Waals surface area (Å²) < 4.78 is 9.78. The number of nitrogens with one attached hydrogen (secondary N) is 1. The number of rotatable bonds is 7. The van der Waals surface area contributed by atoms with E-state index >= 15 is 0 Å². The first kappa shape index (κ1) is 11.9. The molecule has 1 rings (SSSR count). The van der Waals surface area contributed by atoms with Crippen molar-refractivity contribution < 1.29 is 14.3 Å². The van der Waals surface area contributed by atoms with Crippen LogP contribution in [0, 0.1) is 0 Å². The van der Waals surface area contributed by atoms with Crippen LogP contribution in [0.3, 0.4) is 0 Å². The number of pyridine rings is 1. The zero-order chi connectivity index (χ0) is 10.9. The summed E-state index contributed by atoms with van der Waals surface area (Å²) in [6.07, 6.45) is 1.74. The van der Waals surface area contributed by atoms with Crippen LogP contribution >= 0.6 is 0 Å². The van der Waals surface area contributed by atoms with Gasteiger partial charge >= 0.3 is 0 Å². The number of aromatic nitrogens is 1. The van der Waals surface area contributed by atoms with Crippen molar-refractivity contribution in [1.82, 2.24) is 10.5 Å². The standard InChI is InChI=1S/C10H16N2O3/c1-13-5-6-15-12-8-9-3-4-10(14-2)11-7-9/h3-4,7,12H,5-6,8H2,1-2H3. The first-order valence-corrected chi connectivity index (χ1v) is 4.69. The van der Waals surface area contributed by atoms with Crippen LogP contribution in [0.4, 0.5) is 0 Å². The molecular weight excluding hydrogens is 196 g/mol. The summed E-state index contributed by atoms with van der Waals surface area (Å²) in [6.45, 7) is 1.72. The molecule has 0 unspecified atom stereocenters. The van der Waals surface area contributed by atoms with E-state index in [1.165, 1.54) is 0 Å². The SMILES string of the molecule is COCCONCc1ccc(OC)nc1. The minimum Gasteiger partial charge on any atom is -0.481 e. The second-order valence-electron chi connectivity index (χ2n) is 2.87. The van der Waals surface area contributed by atoms with Crippen LogP contribution in [0.5, 0.6) is 5.88 Å². The summed E-state index contributed by atoms with van der Waals surface area (Å²) in [4.78, 5) is 9.17. The zero-order valence-electron chi connectivity index (χ0n) is 9.03. The lowest BCUT2D eigenvalue weighted by molar-refractivity contribution is 0.00342. The smallest absolute Gasteiger partial charge is 0.212 e. The molecular formula is C10H16N2O3. The molecule has 15 heavy (non-hydrogen) atoms. The van der Waals surface area contributed by atoms with Crippen molar-refractivity contribution in [3.63, 3.8) is 0 Å². The monoisotopic (exact) mass is 212 g/mol. The number of methoxy groups -OCH3 is 2. The molecule has 0 amide bonds. The van der Waals surface area contributed by atoms with E-state index < -0.39 is 0 Å². The van der Waals surface area contributed by atoms with E-state index in [9.17, 15) is 0 Å². The lowest BCUT2D eigenvalue weighted by atomic mass is 10.3. The highest BCUT2D eigenvalue weighted by Crippen LogP contribution is 2.05. The largest absolute Gasteiger partial charge is 0.481 e. The van der Waals surface area contributed by atoms with Crippen molar-refractivity contribution in [3.8, 4) is 5.88 Å². The van der Waals surface area contributed by atoms with Gasteiger partial charge in [-0.15, -0.1) is 0 Å². The fourth-order valence-electron chi connectivity index (χ4n) is 0.968. The zero-order valence-corrected chi connectivity index (χ0v) is 9.03. The van der Waals surface area contributed by atoms with Crippen molar-refractivity contribution in [2.45, 2.75) is 6.54 Å². The Morgan fingerprint density at radius 2 is 2.13 bits per heavy atom. The van der Waals surface area contributed by atoms with E-state index in [1.54, 1.807) is 20.4 Å². The molecule has 1 N–H and O–H groups in total. The Hall–Kier alpha value is -1.17. The second kappa shape index (κ2) is 7.17. The van der Waals surface area contributed by atoms with Crippen LogP contribution in [0.2, 0.25) is 0 Å². The van der Waals surface area contributed by atoms with Gasteiger partial charge in [-0.1, -0.05) is 6.07 Å². The van der Waals surface area contributed by atoms with Crippen molar-refractivity contribution >= 4 is 0 Å². The normalized spacial score (nSPS) is 10.3. The molecule has 0 saturated carbocycles. The van der Waals surface area contributed by atoms with Gasteiger partial charge in [0.1, 0.15) is 0 Å². The lowest BCUT2D eigenvalue weighted by Gasteiger charge is -2.05. The molecule has 0 fully saturated rings. The first-order chi connectivity index (χ1) is 7.36. The van der Waals surface area contributed by atoms with Gasteiger partial charge in [0.15, 0.2) is 0 Å². The molecule has 5 heteroatoms.